The number of nitrogens with zero attached hydrogens (tertiary/aromatic N) is 1. The third-order valence-electron chi connectivity index (χ3n) is 11.7. The third kappa shape index (κ3) is 6.50. The van der Waals surface area contributed by atoms with Crippen LogP contribution in [0.2, 0.25) is 0 Å². The number of nitro groups is 1. The molecule has 0 radical (unpaired) electrons. The number of Topliss-reactive ketones (excluding diaryl/α,β-unsaturated/α-hetero) is 2. The number of phenols is 1. The first-order valence-corrected chi connectivity index (χ1v) is 16.6. The zero-order valence-corrected chi connectivity index (χ0v) is 27.8. The normalized spacial score (nSPS) is 30.9. The van der Waals surface area contributed by atoms with E-state index in [4.69, 9.17) is 9.47 Å². The number of carbonyl (C=O) groups is 6. The number of amides is 1. The fourth-order valence-electron chi connectivity index (χ4n) is 9.08. The number of allylic oxidation sites excluding steroid dienone is 1. The van der Waals surface area contributed by atoms with Crippen molar-refractivity contribution in [3.8, 4) is 5.75 Å². The molecule has 4 aliphatic carbocycles. The SMILES string of the molecule is COC(=O)[C@@H](Cc1ccc(O)c([N+](=O)[O-])c1)NC(=O)CCC(=O)OCC(=O)[C@@]1(O)CC[C@H]2[C@@H]3CCC4=CC(=O)CC[C@]4(C)[C@H]3C(=O)C[C@@]21C. The number of fused-ring (bicyclic) bond motifs is 5. The summed E-state index contributed by atoms with van der Waals surface area (Å²) in [6.07, 6.45) is 3.70. The highest BCUT2D eigenvalue weighted by molar-refractivity contribution is 5.95. The van der Waals surface area contributed by atoms with Crippen molar-refractivity contribution in [2.75, 3.05) is 13.7 Å². The monoisotopic (exact) mass is 682 g/mol. The fourth-order valence-corrected chi connectivity index (χ4v) is 9.08. The summed E-state index contributed by atoms with van der Waals surface area (Å²) in [5.74, 6) is -4.08. The van der Waals surface area contributed by atoms with E-state index in [0.717, 1.165) is 24.8 Å². The number of carbonyl (C=O) groups excluding carboxylic acids is 6. The molecule has 14 nitrogen and oxygen atoms in total. The number of nitrogens with one attached hydrogen (secondary N) is 1. The second kappa shape index (κ2) is 13.4. The van der Waals surface area contributed by atoms with Gasteiger partial charge in [0.15, 0.2) is 18.1 Å². The molecule has 3 saturated carbocycles. The van der Waals surface area contributed by atoms with Gasteiger partial charge in [0.2, 0.25) is 11.7 Å². The van der Waals surface area contributed by atoms with Crippen molar-refractivity contribution in [1.29, 1.82) is 0 Å². The predicted molar refractivity (Wildman–Crippen MR) is 170 cm³/mol. The molecular weight excluding hydrogens is 640 g/mol. The number of phenolic OH excluding ortho intramolecular Hbond substituents is 1. The van der Waals surface area contributed by atoms with Gasteiger partial charge in [0.05, 0.1) is 18.5 Å². The minimum absolute atomic E-state index is 0.00482. The van der Waals surface area contributed by atoms with E-state index in [2.05, 4.69) is 12.2 Å². The van der Waals surface area contributed by atoms with Crippen molar-refractivity contribution < 1.29 is 53.4 Å². The number of benzene rings is 1. The number of methoxy groups -OCH3 is 1. The minimum Gasteiger partial charge on any atom is -0.502 e. The van der Waals surface area contributed by atoms with E-state index in [1.54, 1.807) is 13.0 Å². The third-order valence-corrected chi connectivity index (χ3v) is 11.7. The molecule has 5 rings (SSSR count). The van der Waals surface area contributed by atoms with E-state index in [-0.39, 0.29) is 54.1 Å². The molecule has 1 amide bonds. The van der Waals surface area contributed by atoms with Crippen molar-refractivity contribution in [3.05, 3.63) is 45.5 Å². The predicted octanol–water partition coefficient (Wildman–Crippen LogP) is 2.84. The van der Waals surface area contributed by atoms with Crippen molar-refractivity contribution in [3.63, 3.8) is 0 Å². The molecule has 0 aromatic heterocycles. The lowest BCUT2D eigenvalue weighted by molar-refractivity contribution is -0.385. The molecule has 0 unspecified atom stereocenters. The van der Waals surface area contributed by atoms with Gasteiger partial charge in [0.1, 0.15) is 17.4 Å². The van der Waals surface area contributed by atoms with E-state index >= 15 is 0 Å². The van der Waals surface area contributed by atoms with Crippen LogP contribution in [0.1, 0.15) is 77.2 Å². The van der Waals surface area contributed by atoms with Gasteiger partial charge in [0, 0.05) is 43.1 Å². The van der Waals surface area contributed by atoms with E-state index in [1.807, 2.05) is 0 Å². The maximum atomic E-state index is 13.8. The Bertz CT molecular complexity index is 1640. The Balaban J connectivity index is 1.16. The Labute approximate surface area is 282 Å². The zero-order chi connectivity index (χ0) is 35.9. The van der Waals surface area contributed by atoms with Crippen LogP contribution in [0, 0.1) is 38.7 Å². The molecule has 3 fully saturated rings. The number of aromatic hydroxyl groups is 1. The number of ketones is 3. The van der Waals surface area contributed by atoms with Crippen molar-refractivity contribution in [1.82, 2.24) is 5.32 Å². The first-order valence-electron chi connectivity index (χ1n) is 16.6. The molecule has 7 atom stereocenters. The lowest BCUT2D eigenvalue weighted by atomic mass is 9.46. The highest BCUT2D eigenvalue weighted by atomic mass is 16.6. The Morgan fingerprint density at radius 2 is 1.84 bits per heavy atom. The number of aliphatic hydroxyl groups is 1. The number of rotatable bonds is 11. The van der Waals surface area contributed by atoms with Gasteiger partial charge >= 0.3 is 17.6 Å². The number of hydrogen-bond donors (Lipinski definition) is 3. The summed E-state index contributed by atoms with van der Waals surface area (Å²) in [5.41, 5.74) is -2.63. The second-order valence-electron chi connectivity index (χ2n) is 14.3. The van der Waals surface area contributed by atoms with Crippen LogP contribution in [0.3, 0.4) is 0 Å². The fraction of sp³-hybridized carbons (Fsp3) is 0.600. The average Bonchev–Trinajstić information content (AvgIpc) is 3.33. The van der Waals surface area contributed by atoms with Crippen molar-refractivity contribution >= 4 is 40.9 Å². The second-order valence-corrected chi connectivity index (χ2v) is 14.3. The molecule has 0 bridgehead atoms. The Morgan fingerprint density at radius 3 is 2.53 bits per heavy atom. The molecule has 0 saturated heterocycles. The summed E-state index contributed by atoms with van der Waals surface area (Å²) in [6.45, 7) is 3.10. The number of nitro benzene ring substituents is 1. The molecule has 1 aromatic carbocycles. The smallest absolute Gasteiger partial charge is 0.328 e. The Hall–Kier alpha value is -4.46. The first kappa shape index (κ1) is 35.8. The summed E-state index contributed by atoms with van der Waals surface area (Å²) in [4.78, 5) is 87.3. The Morgan fingerprint density at radius 1 is 1.10 bits per heavy atom. The van der Waals surface area contributed by atoms with E-state index in [1.165, 1.54) is 6.07 Å². The topological polar surface area (TPSA) is 217 Å². The summed E-state index contributed by atoms with van der Waals surface area (Å²) in [7, 11) is 1.10. The molecule has 0 spiro atoms. The maximum Gasteiger partial charge on any atom is 0.328 e. The first-order chi connectivity index (χ1) is 23.0. The summed E-state index contributed by atoms with van der Waals surface area (Å²) >= 11 is 0. The zero-order valence-electron chi connectivity index (χ0n) is 27.8. The molecule has 49 heavy (non-hydrogen) atoms. The van der Waals surface area contributed by atoms with E-state index in [9.17, 15) is 49.1 Å². The van der Waals surface area contributed by atoms with Gasteiger partial charge in [-0.15, -0.1) is 0 Å². The summed E-state index contributed by atoms with van der Waals surface area (Å²) < 4.78 is 9.89. The molecule has 0 heterocycles. The van der Waals surface area contributed by atoms with Gasteiger partial charge in [-0.2, -0.15) is 0 Å². The van der Waals surface area contributed by atoms with Crippen LogP contribution in [-0.4, -0.2) is 75.7 Å². The molecule has 4 aliphatic rings. The van der Waals surface area contributed by atoms with Gasteiger partial charge < -0.3 is 25.0 Å². The molecule has 3 N–H and O–H groups in total. The van der Waals surface area contributed by atoms with Gasteiger partial charge in [-0.1, -0.05) is 25.5 Å². The molecule has 264 valence electrons. The number of ether oxygens (including phenoxy) is 2. The van der Waals surface area contributed by atoms with Gasteiger partial charge in [-0.05, 0) is 67.1 Å². The molecule has 14 heteroatoms. The number of esters is 2. The summed E-state index contributed by atoms with van der Waals surface area (Å²) in [6, 6.07) is 2.26. The quantitative estimate of drug-likeness (QED) is 0.174. The highest BCUT2D eigenvalue weighted by Crippen LogP contribution is 2.66. The van der Waals surface area contributed by atoms with E-state index in [0.29, 0.717) is 32.1 Å². The van der Waals surface area contributed by atoms with Crippen LogP contribution in [0.15, 0.2) is 29.8 Å². The lowest BCUT2D eigenvalue weighted by Gasteiger charge is -2.57. The van der Waals surface area contributed by atoms with E-state index < -0.39 is 81.9 Å². The number of hydrogen-bond acceptors (Lipinski definition) is 12. The van der Waals surface area contributed by atoms with Gasteiger partial charge in [0.25, 0.3) is 0 Å². The maximum absolute atomic E-state index is 13.8. The highest BCUT2D eigenvalue weighted by Gasteiger charge is 2.68. The van der Waals surface area contributed by atoms with Crippen LogP contribution < -0.4 is 5.32 Å². The molecule has 0 aliphatic heterocycles. The van der Waals surface area contributed by atoms with Crippen LogP contribution in [0.25, 0.3) is 0 Å². The van der Waals surface area contributed by atoms with Crippen molar-refractivity contribution in [2.24, 2.45) is 28.6 Å². The van der Waals surface area contributed by atoms with Gasteiger partial charge in [-0.25, -0.2) is 4.79 Å². The largest absolute Gasteiger partial charge is 0.502 e. The van der Waals surface area contributed by atoms with Crippen LogP contribution in [-0.2, 0) is 44.7 Å². The minimum atomic E-state index is -1.88. The van der Waals surface area contributed by atoms with Crippen LogP contribution >= 0.6 is 0 Å². The van der Waals surface area contributed by atoms with Crippen LogP contribution in [0.4, 0.5) is 5.69 Å². The Kier molecular flexibility index (Phi) is 9.84. The summed E-state index contributed by atoms with van der Waals surface area (Å²) in [5, 5.41) is 35.1. The van der Waals surface area contributed by atoms with Gasteiger partial charge in [-0.3, -0.25) is 34.1 Å². The van der Waals surface area contributed by atoms with Crippen LogP contribution in [0.5, 0.6) is 5.75 Å². The molecular formula is C35H42N2O12. The molecule has 1 aromatic rings. The average molecular weight is 683 g/mol. The van der Waals surface area contributed by atoms with Crippen molar-refractivity contribution in [2.45, 2.75) is 89.7 Å². The standard InChI is InChI=1S/C35H42N2O12/c1-33-12-10-21(38)16-20(33)5-6-22-23-11-13-35(45,34(23,2)17-27(40)31(22)33)28(41)18-49-30(43)9-8-29(42)36-24(32(44)48-3)14-19-4-7-26(39)25(15-19)37(46)47/h4,7,15-16,22-24,31,39,45H,5-6,8-14,17-18H2,1-3H3,(H,36,42)/t22-,23-,24+,31+,33-,34-,35-/m0/s1. The lowest BCUT2D eigenvalue weighted by Crippen LogP contribution is -2.61.